The Labute approximate surface area is 74.9 Å². The molecule has 0 aliphatic rings. The number of rotatable bonds is 7. The zero-order valence-electron chi connectivity index (χ0n) is 8.22. The van der Waals surface area contributed by atoms with Crippen LogP contribution < -0.4 is 5.73 Å². The van der Waals surface area contributed by atoms with Crippen molar-refractivity contribution in [2.75, 3.05) is 26.3 Å². The molecule has 0 spiro atoms. The lowest BCUT2D eigenvalue weighted by atomic mass is 10.2. The highest BCUT2D eigenvalue weighted by Gasteiger charge is 2.07. The molecule has 74 valence electrons. The van der Waals surface area contributed by atoms with Gasteiger partial charge in [0.05, 0.1) is 6.67 Å². The van der Waals surface area contributed by atoms with Crippen molar-refractivity contribution in [1.29, 1.82) is 0 Å². The minimum absolute atomic E-state index is 0.216. The third-order valence-electron chi connectivity index (χ3n) is 1.96. The highest BCUT2D eigenvalue weighted by molar-refractivity contribution is 4.62. The molecule has 0 radical (unpaired) electrons. The van der Waals surface area contributed by atoms with Crippen LogP contribution in [0.5, 0.6) is 0 Å². The van der Waals surface area contributed by atoms with E-state index in [9.17, 15) is 4.39 Å². The van der Waals surface area contributed by atoms with Crippen LogP contribution in [0.2, 0.25) is 0 Å². The topological polar surface area (TPSA) is 29.3 Å². The van der Waals surface area contributed by atoms with E-state index in [2.05, 4.69) is 18.7 Å². The molecule has 0 fully saturated rings. The predicted molar refractivity (Wildman–Crippen MR) is 51.0 cm³/mol. The normalized spacial score (nSPS) is 11.5. The van der Waals surface area contributed by atoms with Crippen LogP contribution in [-0.2, 0) is 0 Å². The maximum Gasteiger partial charge on any atom is 0.0906 e. The first-order valence-electron chi connectivity index (χ1n) is 4.72. The summed E-state index contributed by atoms with van der Waals surface area (Å²) in [6.45, 7) is 6.62. The number of nitrogens with two attached hydrogens (primary N) is 1. The zero-order chi connectivity index (χ0) is 9.40. The van der Waals surface area contributed by atoms with Gasteiger partial charge in [-0.3, -0.25) is 4.39 Å². The minimum Gasteiger partial charge on any atom is -0.330 e. The second-order valence-corrected chi connectivity index (χ2v) is 3.31. The van der Waals surface area contributed by atoms with Crippen molar-refractivity contribution in [3.8, 4) is 0 Å². The maximum atomic E-state index is 11.9. The fraction of sp³-hybridized carbons (Fsp3) is 1.00. The quantitative estimate of drug-likeness (QED) is 0.635. The third kappa shape index (κ3) is 5.49. The Morgan fingerprint density at radius 2 is 1.83 bits per heavy atom. The first-order valence-corrected chi connectivity index (χ1v) is 4.72. The van der Waals surface area contributed by atoms with Crippen LogP contribution in [0.4, 0.5) is 4.39 Å². The Hall–Kier alpha value is -0.150. The van der Waals surface area contributed by atoms with Crippen LogP contribution in [0.25, 0.3) is 0 Å². The van der Waals surface area contributed by atoms with E-state index >= 15 is 0 Å². The van der Waals surface area contributed by atoms with Crippen molar-refractivity contribution in [1.82, 2.24) is 4.90 Å². The second kappa shape index (κ2) is 7.50. The largest absolute Gasteiger partial charge is 0.330 e. The fourth-order valence-corrected chi connectivity index (χ4v) is 1.19. The molecule has 0 atom stereocenters. The molecule has 0 aromatic rings. The minimum atomic E-state index is -0.216. The molecular weight excluding hydrogens is 155 g/mol. The van der Waals surface area contributed by atoms with Gasteiger partial charge in [0.2, 0.25) is 0 Å². The maximum absolute atomic E-state index is 11.9. The monoisotopic (exact) mass is 176 g/mol. The van der Waals surface area contributed by atoms with E-state index in [1.54, 1.807) is 0 Å². The van der Waals surface area contributed by atoms with Gasteiger partial charge < -0.3 is 10.6 Å². The molecular formula is C9H21FN2. The van der Waals surface area contributed by atoms with Gasteiger partial charge in [0.25, 0.3) is 0 Å². The zero-order valence-corrected chi connectivity index (χ0v) is 8.22. The second-order valence-electron chi connectivity index (χ2n) is 3.31. The van der Waals surface area contributed by atoms with Crippen LogP contribution in [0.1, 0.15) is 26.7 Å². The van der Waals surface area contributed by atoms with Crippen molar-refractivity contribution in [3.05, 3.63) is 0 Å². The SMILES string of the molecule is CC(C)N(CCCN)CCCF. The van der Waals surface area contributed by atoms with Crippen LogP contribution in [0.15, 0.2) is 0 Å². The van der Waals surface area contributed by atoms with Gasteiger partial charge in [0.1, 0.15) is 0 Å². The van der Waals surface area contributed by atoms with E-state index < -0.39 is 0 Å². The van der Waals surface area contributed by atoms with Gasteiger partial charge in [-0.2, -0.15) is 0 Å². The average molecular weight is 176 g/mol. The molecule has 0 aromatic heterocycles. The van der Waals surface area contributed by atoms with Gasteiger partial charge in [-0.05, 0) is 39.8 Å². The Kier molecular flexibility index (Phi) is 7.40. The summed E-state index contributed by atoms with van der Waals surface area (Å²) in [5.41, 5.74) is 5.40. The Bertz CT molecular complexity index is 88.5. The highest BCUT2D eigenvalue weighted by atomic mass is 19.1. The van der Waals surface area contributed by atoms with E-state index in [4.69, 9.17) is 5.73 Å². The predicted octanol–water partition coefficient (Wildman–Crippen LogP) is 1.41. The lowest BCUT2D eigenvalue weighted by Gasteiger charge is -2.25. The van der Waals surface area contributed by atoms with E-state index in [1.807, 2.05) is 0 Å². The van der Waals surface area contributed by atoms with E-state index in [0.29, 0.717) is 12.5 Å². The lowest BCUT2D eigenvalue weighted by molar-refractivity contribution is 0.210. The Morgan fingerprint density at radius 1 is 1.25 bits per heavy atom. The number of hydrogen-bond acceptors (Lipinski definition) is 2. The number of nitrogens with zero attached hydrogens (tertiary/aromatic N) is 1. The molecule has 0 bridgehead atoms. The summed E-state index contributed by atoms with van der Waals surface area (Å²) in [6.07, 6.45) is 1.65. The van der Waals surface area contributed by atoms with Gasteiger partial charge in [0, 0.05) is 12.6 Å². The van der Waals surface area contributed by atoms with Crippen LogP contribution in [-0.4, -0.2) is 37.3 Å². The molecule has 0 saturated heterocycles. The van der Waals surface area contributed by atoms with Crippen LogP contribution >= 0.6 is 0 Å². The molecule has 0 aromatic carbocycles. The van der Waals surface area contributed by atoms with Gasteiger partial charge in [-0.15, -0.1) is 0 Å². The molecule has 0 heterocycles. The summed E-state index contributed by atoms with van der Waals surface area (Å²) in [5.74, 6) is 0. The Balaban J connectivity index is 3.55. The Morgan fingerprint density at radius 3 is 2.25 bits per heavy atom. The van der Waals surface area contributed by atoms with Gasteiger partial charge in [-0.25, -0.2) is 0 Å². The standard InChI is InChI=1S/C9H21FN2/c1-9(2)12(7-3-5-10)8-4-6-11/h9H,3-8,11H2,1-2H3. The van der Waals surface area contributed by atoms with E-state index in [0.717, 1.165) is 26.1 Å². The molecule has 3 heteroatoms. The van der Waals surface area contributed by atoms with Crippen molar-refractivity contribution < 1.29 is 4.39 Å². The molecule has 0 rings (SSSR count). The summed E-state index contributed by atoms with van der Waals surface area (Å²) in [5, 5.41) is 0. The molecule has 0 aliphatic carbocycles. The highest BCUT2D eigenvalue weighted by Crippen LogP contribution is 2.00. The van der Waals surface area contributed by atoms with Gasteiger partial charge >= 0.3 is 0 Å². The number of halogens is 1. The summed E-state index contributed by atoms with van der Waals surface area (Å²) in [4.78, 5) is 2.27. The van der Waals surface area contributed by atoms with E-state index in [-0.39, 0.29) is 6.67 Å². The summed E-state index contributed by atoms with van der Waals surface area (Å²) in [6, 6.07) is 0.503. The van der Waals surface area contributed by atoms with Crippen molar-refractivity contribution in [2.45, 2.75) is 32.7 Å². The molecule has 0 amide bonds. The van der Waals surface area contributed by atoms with Gasteiger partial charge in [0.15, 0.2) is 0 Å². The first kappa shape index (κ1) is 11.8. The molecule has 0 unspecified atom stereocenters. The molecule has 2 nitrogen and oxygen atoms in total. The number of hydrogen-bond donors (Lipinski definition) is 1. The molecule has 0 saturated carbocycles. The summed E-state index contributed by atoms with van der Waals surface area (Å²) >= 11 is 0. The van der Waals surface area contributed by atoms with Crippen LogP contribution in [0.3, 0.4) is 0 Å². The summed E-state index contributed by atoms with van der Waals surface area (Å²) < 4.78 is 11.9. The molecule has 2 N–H and O–H groups in total. The molecule has 12 heavy (non-hydrogen) atoms. The lowest BCUT2D eigenvalue weighted by Crippen LogP contribution is -2.33. The number of alkyl halides is 1. The van der Waals surface area contributed by atoms with Gasteiger partial charge in [-0.1, -0.05) is 0 Å². The van der Waals surface area contributed by atoms with Crippen molar-refractivity contribution in [2.24, 2.45) is 5.73 Å². The molecule has 0 aliphatic heterocycles. The third-order valence-corrected chi connectivity index (χ3v) is 1.96. The van der Waals surface area contributed by atoms with Crippen molar-refractivity contribution >= 4 is 0 Å². The fourth-order valence-electron chi connectivity index (χ4n) is 1.19. The first-order chi connectivity index (χ1) is 5.72. The smallest absolute Gasteiger partial charge is 0.0906 e. The van der Waals surface area contributed by atoms with Crippen molar-refractivity contribution in [3.63, 3.8) is 0 Å². The average Bonchev–Trinajstić information content (AvgIpc) is 2.04. The summed E-state index contributed by atoms with van der Waals surface area (Å²) in [7, 11) is 0. The van der Waals surface area contributed by atoms with E-state index in [1.165, 1.54) is 0 Å². The van der Waals surface area contributed by atoms with Crippen LogP contribution in [0, 0.1) is 0 Å².